The third kappa shape index (κ3) is 5.34. The van der Waals surface area contributed by atoms with Crippen LogP contribution in [0.2, 0.25) is 0 Å². The van der Waals surface area contributed by atoms with E-state index in [0.717, 1.165) is 26.5 Å². The molecule has 36 heavy (non-hydrogen) atoms. The normalized spacial score (nSPS) is 21.9. The zero-order valence-corrected chi connectivity index (χ0v) is 22.6. The minimum Gasteiger partial charge on any atom is -0.390 e. The van der Waals surface area contributed by atoms with Gasteiger partial charge in [0, 0.05) is 10.8 Å². The number of para-hydroxylation sites is 1. The number of benzene rings is 1. The molecule has 3 aromatic heterocycles. The van der Waals surface area contributed by atoms with Crippen LogP contribution in [0, 0.1) is 12.8 Å². The lowest BCUT2D eigenvalue weighted by Gasteiger charge is -2.28. The lowest BCUT2D eigenvalue weighted by molar-refractivity contribution is -0.0601. The molecule has 1 saturated carbocycles. The van der Waals surface area contributed by atoms with Gasteiger partial charge >= 0.3 is 0 Å². The lowest BCUT2D eigenvalue weighted by Crippen LogP contribution is -2.40. The summed E-state index contributed by atoms with van der Waals surface area (Å²) in [6, 6.07) is 11.5. The molecule has 8 nitrogen and oxygen atoms in total. The Morgan fingerprint density at radius 3 is 2.50 bits per heavy atom. The second kappa shape index (κ2) is 10.6. The molecule has 0 aliphatic heterocycles. The highest BCUT2D eigenvalue weighted by Crippen LogP contribution is 2.40. The maximum atomic E-state index is 10.8. The number of thiophene rings is 1. The Bertz CT molecular complexity index is 1290. The summed E-state index contributed by atoms with van der Waals surface area (Å²) in [7, 11) is 0. The molecule has 0 unspecified atom stereocenters. The van der Waals surface area contributed by atoms with Gasteiger partial charge in [-0.1, -0.05) is 18.2 Å². The molecule has 192 valence electrons. The van der Waals surface area contributed by atoms with Crippen LogP contribution < -0.4 is 10.6 Å². The summed E-state index contributed by atoms with van der Waals surface area (Å²) in [4.78, 5) is 15.4. The summed E-state index contributed by atoms with van der Waals surface area (Å²) in [5, 5.41) is 41.4. The van der Waals surface area contributed by atoms with Crippen LogP contribution in [0.3, 0.4) is 0 Å². The summed E-state index contributed by atoms with van der Waals surface area (Å²) in [5.74, 6) is 0.536. The monoisotopic (exact) mass is 547 g/mol. The Balaban J connectivity index is 0.00000304. The minimum absolute atomic E-state index is 0. The van der Waals surface area contributed by atoms with Gasteiger partial charge in [0.15, 0.2) is 0 Å². The van der Waals surface area contributed by atoms with E-state index in [2.05, 4.69) is 10.6 Å². The van der Waals surface area contributed by atoms with E-state index in [1.807, 2.05) is 48.7 Å². The van der Waals surface area contributed by atoms with Crippen LogP contribution in [0.4, 0.5) is 11.8 Å². The van der Waals surface area contributed by atoms with Crippen molar-refractivity contribution in [2.75, 3.05) is 10.6 Å². The van der Waals surface area contributed by atoms with Crippen LogP contribution in [-0.2, 0) is 6.54 Å². The number of nitrogens with zero attached hydrogens (tertiary/aromatic N) is 3. The van der Waals surface area contributed by atoms with Crippen LogP contribution in [0.25, 0.3) is 20.8 Å². The van der Waals surface area contributed by atoms with E-state index >= 15 is 0 Å². The molecule has 4 aromatic rings. The van der Waals surface area contributed by atoms with E-state index in [1.165, 1.54) is 4.88 Å². The van der Waals surface area contributed by atoms with Gasteiger partial charge in [0.1, 0.15) is 16.9 Å². The van der Waals surface area contributed by atoms with Crippen LogP contribution in [0.1, 0.15) is 30.8 Å². The van der Waals surface area contributed by atoms with Crippen molar-refractivity contribution >= 4 is 57.1 Å². The summed E-state index contributed by atoms with van der Waals surface area (Å²) < 4.78 is 1.06. The molecule has 0 radical (unpaired) electrons. The van der Waals surface area contributed by atoms with E-state index in [1.54, 1.807) is 36.5 Å². The molecule has 4 atom stereocenters. The molecule has 0 amide bonds. The number of aliphatic hydroxyl groups excluding tert-OH is 2. The fraction of sp³-hybridized carbons (Fsp3) is 0.400. The predicted molar refractivity (Wildman–Crippen MR) is 148 cm³/mol. The maximum Gasteiger partial charge on any atom is 0.225 e. The van der Waals surface area contributed by atoms with E-state index in [4.69, 9.17) is 15.0 Å². The molecule has 1 aliphatic carbocycles. The second-order valence-electron chi connectivity index (χ2n) is 9.50. The Labute approximate surface area is 223 Å². The van der Waals surface area contributed by atoms with Crippen molar-refractivity contribution in [3.8, 4) is 10.6 Å². The van der Waals surface area contributed by atoms with Gasteiger partial charge in [0.25, 0.3) is 0 Å². The number of hydrogen-bond donors (Lipinski definition) is 5. The summed E-state index contributed by atoms with van der Waals surface area (Å²) in [6.07, 6.45) is -1.70. The molecule has 5 rings (SSSR count). The van der Waals surface area contributed by atoms with E-state index in [0.29, 0.717) is 24.7 Å². The van der Waals surface area contributed by atoms with Gasteiger partial charge < -0.3 is 26.0 Å². The van der Waals surface area contributed by atoms with Crippen LogP contribution >= 0.6 is 35.1 Å². The average Bonchev–Trinajstić information content (AvgIpc) is 3.53. The highest BCUT2D eigenvalue weighted by Gasteiger charge is 2.47. The smallest absolute Gasteiger partial charge is 0.225 e. The number of hydrogen-bond acceptors (Lipinski definition) is 10. The zero-order chi connectivity index (χ0) is 24.7. The van der Waals surface area contributed by atoms with Crippen molar-refractivity contribution < 1.29 is 15.3 Å². The van der Waals surface area contributed by atoms with Crippen LogP contribution in [-0.4, -0.2) is 54.1 Å². The van der Waals surface area contributed by atoms with Gasteiger partial charge in [0.05, 0.1) is 45.8 Å². The first kappa shape index (κ1) is 26.7. The Morgan fingerprint density at radius 2 is 1.83 bits per heavy atom. The van der Waals surface area contributed by atoms with E-state index in [-0.39, 0.29) is 12.4 Å². The molecular weight excluding hydrogens is 518 g/mol. The quantitative estimate of drug-likeness (QED) is 0.230. The van der Waals surface area contributed by atoms with Crippen LogP contribution in [0.15, 0.2) is 41.8 Å². The van der Waals surface area contributed by atoms with Crippen molar-refractivity contribution in [2.45, 2.75) is 57.6 Å². The molecule has 11 heteroatoms. The molecule has 0 saturated heterocycles. The SMILES string of the molecule is Cc1nc(NCc2cccs2)nc(N[C@@H]2C[C@H](C(C)(C)O)[C@@H](O)[C@H]2O)c1-c1nc2ccccc2s1.Cl. The molecule has 1 fully saturated rings. The Hall–Kier alpha value is -2.34. The van der Waals surface area contributed by atoms with Crippen molar-refractivity contribution in [2.24, 2.45) is 5.92 Å². The van der Waals surface area contributed by atoms with Crippen LogP contribution in [0.5, 0.6) is 0 Å². The number of anilines is 2. The van der Waals surface area contributed by atoms with Gasteiger partial charge in [-0.3, -0.25) is 0 Å². The van der Waals surface area contributed by atoms with E-state index < -0.39 is 29.8 Å². The molecule has 0 bridgehead atoms. The number of aryl methyl sites for hydroxylation is 1. The molecule has 0 spiro atoms. The predicted octanol–water partition coefficient (Wildman–Crippen LogP) is 4.45. The Morgan fingerprint density at radius 1 is 1.06 bits per heavy atom. The van der Waals surface area contributed by atoms with Gasteiger partial charge in [-0.05, 0) is 50.8 Å². The highest BCUT2D eigenvalue weighted by atomic mass is 35.5. The number of halogens is 1. The maximum absolute atomic E-state index is 10.8. The van der Waals surface area contributed by atoms with Gasteiger partial charge in [-0.25, -0.2) is 9.97 Å². The number of rotatable bonds is 7. The van der Waals surface area contributed by atoms with Crippen molar-refractivity contribution in [3.63, 3.8) is 0 Å². The topological polar surface area (TPSA) is 123 Å². The van der Waals surface area contributed by atoms with E-state index in [9.17, 15) is 15.3 Å². The van der Waals surface area contributed by atoms with Crippen molar-refractivity contribution in [1.82, 2.24) is 15.0 Å². The Kier molecular flexibility index (Phi) is 7.84. The first-order chi connectivity index (χ1) is 16.7. The standard InChI is InChI=1S/C25H29N5O3S2.ClH/c1-13-19(23-29-16-8-4-5-9-18(16)35-23)22(30-24(27-13)26-12-14-7-6-10-34-14)28-17-11-15(25(2,3)33)20(31)21(17)32;/h4-10,15,17,20-21,31-33H,11-12H2,1-3H3,(H2,26,27,28,30);1H/t15-,17+,20+,21-;/m0./s1. The lowest BCUT2D eigenvalue weighted by atomic mass is 9.88. The van der Waals surface area contributed by atoms with Gasteiger partial charge in [0.2, 0.25) is 5.95 Å². The minimum atomic E-state index is -1.12. The fourth-order valence-electron chi connectivity index (χ4n) is 4.63. The molecule has 1 aliphatic rings. The molecular formula is C25H30ClN5O3S2. The number of aromatic nitrogens is 3. The molecule has 5 N–H and O–H groups in total. The summed E-state index contributed by atoms with van der Waals surface area (Å²) >= 11 is 3.21. The van der Waals surface area contributed by atoms with Crippen molar-refractivity contribution in [3.05, 3.63) is 52.3 Å². The largest absolute Gasteiger partial charge is 0.390 e. The number of thiazole rings is 1. The third-order valence-corrected chi connectivity index (χ3v) is 8.44. The number of nitrogens with one attached hydrogen (secondary N) is 2. The second-order valence-corrected chi connectivity index (χ2v) is 11.6. The third-order valence-electron chi connectivity index (χ3n) is 6.51. The first-order valence-corrected chi connectivity index (χ1v) is 13.3. The molecule has 3 heterocycles. The fourth-order valence-corrected chi connectivity index (χ4v) is 6.33. The summed E-state index contributed by atoms with van der Waals surface area (Å²) in [6.45, 7) is 5.83. The molecule has 1 aromatic carbocycles. The summed E-state index contributed by atoms with van der Waals surface area (Å²) in [5.41, 5.74) is 1.29. The highest BCUT2D eigenvalue weighted by molar-refractivity contribution is 7.21. The number of aliphatic hydroxyl groups is 3. The van der Waals surface area contributed by atoms with Gasteiger partial charge in [-0.2, -0.15) is 4.98 Å². The van der Waals surface area contributed by atoms with Gasteiger partial charge in [-0.15, -0.1) is 35.1 Å². The first-order valence-electron chi connectivity index (χ1n) is 11.6. The zero-order valence-electron chi connectivity index (χ0n) is 20.2. The van der Waals surface area contributed by atoms with Crippen molar-refractivity contribution in [1.29, 1.82) is 0 Å². The average molecular weight is 548 g/mol. The number of fused-ring (bicyclic) bond motifs is 1.